The molecule has 0 saturated heterocycles. The number of aryl methyl sites for hydroxylation is 1. The number of amides is 1. The van der Waals surface area contributed by atoms with Crippen LogP contribution in [0.25, 0.3) is 0 Å². The van der Waals surface area contributed by atoms with Crippen molar-refractivity contribution in [1.29, 1.82) is 0 Å². The van der Waals surface area contributed by atoms with Crippen molar-refractivity contribution in [3.8, 4) is 11.5 Å². The summed E-state index contributed by atoms with van der Waals surface area (Å²) in [4.78, 5) is 11.3. The molecule has 2 fully saturated rings. The highest BCUT2D eigenvalue weighted by Crippen LogP contribution is 2.65. The Balaban J connectivity index is 1.41. The molecule has 2 aromatic carbocycles. The van der Waals surface area contributed by atoms with Crippen LogP contribution in [-0.2, 0) is 11.2 Å². The van der Waals surface area contributed by atoms with E-state index in [-0.39, 0.29) is 17.4 Å². The molecule has 0 radical (unpaired) electrons. The van der Waals surface area contributed by atoms with E-state index in [9.17, 15) is 15.0 Å². The quantitative estimate of drug-likeness (QED) is 0.369. The number of hydrogen-bond donors (Lipinski definition) is 3. The first kappa shape index (κ1) is 23.7. The number of ether oxygens (including phenoxy) is 1. The fourth-order valence-electron chi connectivity index (χ4n) is 7.21. The Morgan fingerprint density at radius 1 is 1.18 bits per heavy atom. The number of nitrogens with one attached hydrogen (secondary N) is 1. The highest BCUT2D eigenvalue weighted by atomic mass is 79.9. The number of aromatic hydroxyl groups is 1. The van der Waals surface area contributed by atoms with Crippen LogP contribution < -0.4 is 10.1 Å². The zero-order valence-electron chi connectivity index (χ0n) is 19.7. The highest BCUT2D eigenvalue weighted by molar-refractivity contribution is 9.09. The molecule has 0 aliphatic heterocycles. The van der Waals surface area contributed by atoms with Crippen LogP contribution in [0.3, 0.4) is 0 Å². The maximum absolute atomic E-state index is 11.3. The van der Waals surface area contributed by atoms with Gasteiger partial charge in [-0.2, -0.15) is 0 Å². The van der Waals surface area contributed by atoms with Crippen LogP contribution in [0.4, 0.5) is 0 Å². The van der Waals surface area contributed by atoms with Crippen molar-refractivity contribution in [2.45, 2.75) is 57.0 Å². The van der Waals surface area contributed by atoms with Crippen LogP contribution in [0.2, 0.25) is 0 Å². The Morgan fingerprint density at radius 2 is 1.97 bits per heavy atom. The number of halogens is 1. The number of hydrogen-bond acceptors (Lipinski definition) is 4. The summed E-state index contributed by atoms with van der Waals surface area (Å²) < 4.78 is 5.83. The van der Waals surface area contributed by atoms with E-state index in [4.69, 9.17) is 4.74 Å². The van der Waals surface area contributed by atoms with Gasteiger partial charge in [0, 0.05) is 0 Å². The molecule has 1 amide bonds. The van der Waals surface area contributed by atoms with E-state index in [1.54, 1.807) is 0 Å². The minimum atomic E-state index is -0.237. The molecule has 34 heavy (non-hydrogen) atoms. The first-order valence-corrected chi connectivity index (χ1v) is 13.6. The van der Waals surface area contributed by atoms with Crippen LogP contribution in [0.5, 0.6) is 11.5 Å². The molecule has 6 heteroatoms. The zero-order chi connectivity index (χ0) is 23.9. The van der Waals surface area contributed by atoms with E-state index < -0.39 is 0 Å². The van der Waals surface area contributed by atoms with Gasteiger partial charge in [-0.05, 0) is 102 Å². The second-order valence-corrected chi connectivity index (χ2v) is 11.1. The number of rotatable bonds is 6. The van der Waals surface area contributed by atoms with Crippen LogP contribution in [0.1, 0.15) is 61.1 Å². The highest BCUT2D eigenvalue weighted by Gasteiger charge is 2.57. The molecule has 2 aromatic rings. The van der Waals surface area contributed by atoms with Crippen molar-refractivity contribution in [2.75, 3.05) is 18.5 Å². The summed E-state index contributed by atoms with van der Waals surface area (Å²) in [6.45, 7) is 3.21. The van der Waals surface area contributed by atoms with Gasteiger partial charge in [0.1, 0.15) is 18.1 Å². The predicted octanol–water partition coefficient (Wildman–Crippen LogP) is 4.89. The van der Waals surface area contributed by atoms with Crippen molar-refractivity contribution < 1.29 is 19.7 Å². The fraction of sp³-hybridized carbons (Fsp3) is 0.536. The molecule has 0 bridgehead atoms. The minimum Gasteiger partial charge on any atom is -0.508 e. The number of carbonyl (C=O) groups excluding carboxylic acids is 1. The van der Waals surface area contributed by atoms with Gasteiger partial charge in [0.2, 0.25) is 5.91 Å². The fourth-order valence-corrected chi connectivity index (χ4v) is 7.41. The second kappa shape index (κ2) is 9.54. The monoisotopic (exact) mass is 527 g/mol. The summed E-state index contributed by atoms with van der Waals surface area (Å²) in [5, 5.41) is 24.2. The van der Waals surface area contributed by atoms with Crippen molar-refractivity contribution in [2.24, 2.45) is 17.3 Å². The van der Waals surface area contributed by atoms with Crippen molar-refractivity contribution in [3.63, 3.8) is 0 Å². The molecule has 3 aliphatic carbocycles. The molecular weight excluding hydrogens is 494 g/mol. The number of alkyl halides is 1. The van der Waals surface area contributed by atoms with E-state index >= 15 is 0 Å². The van der Waals surface area contributed by atoms with Crippen LogP contribution >= 0.6 is 15.9 Å². The molecule has 182 valence electrons. The Morgan fingerprint density at radius 3 is 2.74 bits per heavy atom. The summed E-state index contributed by atoms with van der Waals surface area (Å²) in [6, 6.07) is 14.3. The summed E-state index contributed by atoms with van der Waals surface area (Å²) in [5.74, 6) is 2.90. The normalized spacial score (nSPS) is 31.8. The SMILES string of the molecule is C[C@]12C[C@H](c3ccc(OCCNC(=O)CBr)cc3)[C@@H]3c4ccc(O)cc4CC[C@H]3[C@@H]1CC[C@@H]2O. The largest absolute Gasteiger partial charge is 0.508 e. The number of aliphatic hydroxyl groups is 1. The summed E-state index contributed by atoms with van der Waals surface area (Å²) in [6.07, 6.45) is 4.86. The van der Waals surface area contributed by atoms with Gasteiger partial charge in [-0.1, -0.05) is 41.1 Å². The lowest BCUT2D eigenvalue weighted by molar-refractivity contribution is -0.118. The minimum absolute atomic E-state index is 0.0484. The van der Waals surface area contributed by atoms with Crippen molar-refractivity contribution in [3.05, 3.63) is 59.2 Å². The van der Waals surface area contributed by atoms with E-state index in [0.29, 0.717) is 47.9 Å². The molecule has 0 aromatic heterocycles. The Hall–Kier alpha value is -2.05. The van der Waals surface area contributed by atoms with Gasteiger partial charge >= 0.3 is 0 Å². The van der Waals surface area contributed by atoms with Crippen LogP contribution in [-0.4, -0.2) is 40.7 Å². The van der Waals surface area contributed by atoms with Crippen LogP contribution in [0, 0.1) is 17.3 Å². The zero-order valence-corrected chi connectivity index (χ0v) is 21.3. The molecular formula is C28H34BrNO4. The van der Waals surface area contributed by atoms with Crippen molar-refractivity contribution >= 4 is 21.8 Å². The first-order chi connectivity index (χ1) is 16.4. The van der Waals surface area contributed by atoms with Gasteiger partial charge in [-0.3, -0.25) is 4.79 Å². The number of phenolic OH excluding ortho intramolecular Hbond substituents is 1. The summed E-state index contributed by atoms with van der Waals surface area (Å²) in [5.41, 5.74) is 3.89. The predicted molar refractivity (Wildman–Crippen MR) is 136 cm³/mol. The maximum Gasteiger partial charge on any atom is 0.230 e. The second-order valence-electron chi connectivity index (χ2n) is 10.5. The average molecular weight is 528 g/mol. The Bertz CT molecular complexity index is 1040. The molecule has 0 spiro atoms. The first-order valence-electron chi connectivity index (χ1n) is 12.5. The Kier molecular flexibility index (Phi) is 6.64. The average Bonchev–Trinajstić information content (AvgIpc) is 3.15. The smallest absolute Gasteiger partial charge is 0.230 e. The topological polar surface area (TPSA) is 78.8 Å². The van der Waals surface area contributed by atoms with Gasteiger partial charge in [0.25, 0.3) is 0 Å². The molecule has 5 rings (SSSR count). The van der Waals surface area contributed by atoms with Crippen molar-refractivity contribution in [1.82, 2.24) is 5.32 Å². The van der Waals surface area contributed by atoms with Gasteiger partial charge in [-0.15, -0.1) is 0 Å². The lowest BCUT2D eigenvalue weighted by Gasteiger charge is -2.54. The van der Waals surface area contributed by atoms with Gasteiger partial charge in [0.15, 0.2) is 0 Å². The van der Waals surface area contributed by atoms with Gasteiger partial charge in [-0.25, -0.2) is 0 Å². The number of benzene rings is 2. The number of phenols is 1. The molecule has 0 heterocycles. The summed E-state index contributed by atoms with van der Waals surface area (Å²) >= 11 is 3.14. The number of aliphatic hydroxyl groups excluding tert-OH is 1. The molecule has 5 nitrogen and oxygen atoms in total. The standard InChI is InChI=1S/C28H34BrNO4/c1-28-15-23(17-2-6-20(7-3-17)34-13-12-30-26(33)16-29)27-21-9-5-19(31)14-18(21)4-8-22(27)24(28)10-11-25(28)32/h2-3,5-7,9,14,22-25,27,31-32H,4,8,10-13,15-16H2,1H3,(H,30,33)/t22-,23+,24-,25-,27+,28-/m0/s1. The third-order valence-corrected chi connectivity index (χ3v) is 9.30. The Labute approximate surface area is 210 Å². The lowest BCUT2D eigenvalue weighted by atomic mass is 9.51. The van der Waals surface area contributed by atoms with E-state index in [2.05, 4.69) is 46.4 Å². The molecule has 2 saturated carbocycles. The lowest BCUT2D eigenvalue weighted by Crippen LogP contribution is -2.47. The third kappa shape index (κ3) is 4.24. The number of carbonyl (C=O) groups is 1. The van der Waals surface area contributed by atoms with Gasteiger partial charge in [0.05, 0.1) is 18.0 Å². The van der Waals surface area contributed by atoms with E-state index in [0.717, 1.165) is 37.9 Å². The maximum atomic E-state index is 11.3. The molecule has 3 N–H and O–H groups in total. The summed E-state index contributed by atoms with van der Waals surface area (Å²) in [7, 11) is 0. The molecule has 3 aliphatic rings. The van der Waals surface area contributed by atoms with E-state index in [1.807, 2.05) is 24.3 Å². The van der Waals surface area contributed by atoms with Crippen LogP contribution in [0.15, 0.2) is 42.5 Å². The molecule has 0 unspecified atom stereocenters. The number of fused-ring (bicyclic) bond motifs is 5. The molecule has 6 atom stereocenters. The van der Waals surface area contributed by atoms with Gasteiger partial charge < -0.3 is 20.3 Å². The van der Waals surface area contributed by atoms with E-state index in [1.165, 1.54) is 16.7 Å². The third-order valence-electron chi connectivity index (χ3n) is 8.79.